The average molecular weight is 498 g/mol. The van der Waals surface area contributed by atoms with Gasteiger partial charge in [0.1, 0.15) is 29.0 Å². The van der Waals surface area contributed by atoms with E-state index in [1.165, 1.54) is 17.4 Å². The standard InChI is InChI=1S/C23H20BrN3O3S/c1-27(2)19-7-4-15(5-8-19)10-16(12-25)23(28)30-13-18-14-31-22(26-18)20-11-17(24)6-9-21(20)29-3/h4-11,14H,13H2,1-3H3/b16-10+. The van der Waals surface area contributed by atoms with Crippen LogP contribution in [0.25, 0.3) is 16.6 Å². The molecule has 0 bridgehead atoms. The van der Waals surface area contributed by atoms with E-state index in [0.717, 1.165) is 26.3 Å². The zero-order chi connectivity index (χ0) is 22.4. The number of carbonyl (C=O) groups excluding carboxylic acids is 1. The molecular weight excluding hydrogens is 478 g/mol. The van der Waals surface area contributed by atoms with Gasteiger partial charge in [0, 0.05) is 29.6 Å². The fourth-order valence-corrected chi connectivity index (χ4v) is 3.92. The average Bonchev–Trinajstić information content (AvgIpc) is 3.25. The Balaban J connectivity index is 1.69. The van der Waals surface area contributed by atoms with Gasteiger partial charge in [0.2, 0.25) is 0 Å². The zero-order valence-electron chi connectivity index (χ0n) is 17.3. The molecule has 0 fully saturated rings. The Morgan fingerprint density at radius 1 is 1.26 bits per heavy atom. The number of nitriles is 1. The fourth-order valence-electron chi connectivity index (χ4n) is 2.73. The number of benzene rings is 2. The second-order valence-corrected chi connectivity index (χ2v) is 8.49. The monoisotopic (exact) mass is 497 g/mol. The number of hydrogen-bond donors (Lipinski definition) is 0. The third kappa shape index (κ3) is 5.72. The number of thiazole rings is 1. The van der Waals surface area contributed by atoms with Crippen LogP contribution in [0.5, 0.6) is 5.75 Å². The van der Waals surface area contributed by atoms with Crippen LogP contribution in [-0.4, -0.2) is 32.2 Å². The van der Waals surface area contributed by atoms with Crippen molar-refractivity contribution in [2.45, 2.75) is 6.61 Å². The molecule has 2 aromatic carbocycles. The predicted octanol–water partition coefficient (Wildman–Crippen LogP) is 5.30. The third-order valence-electron chi connectivity index (χ3n) is 4.36. The molecule has 158 valence electrons. The molecule has 0 N–H and O–H groups in total. The van der Waals surface area contributed by atoms with Crippen molar-refractivity contribution in [3.05, 3.63) is 69.1 Å². The summed E-state index contributed by atoms with van der Waals surface area (Å²) in [5.74, 6) is 0.0184. The number of rotatable bonds is 7. The first-order chi connectivity index (χ1) is 14.9. The van der Waals surface area contributed by atoms with Gasteiger partial charge in [-0.3, -0.25) is 0 Å². The molecule has 1 heterocycles. The maximum absolute atomic E-state index is 12.4. The Morgan fingerprint density at radius 2 is 2.00 bits per heavy atom. The van der Waals surface area contributed by atoms with Crippen molar-refractivity contribution in [1.82, 2.24) is 4.98 Å². The second kappa shape index (κ2) is 10.2. The van der Waals surface area contributed by atoms with Crippen molar-refractivity contribution in [1.29, 1.82) is 5.26 Å². The molecule has 0 aliphatic carbocycles. The van der Waals surface area contributed by atoms with Crippen LogP contribution in [0.15, 0.2) is 57.9 Å². The van der Waals surface area contributed by atoms with E-state index in [0.29, 0.717) is 11.4 Å². The van der Waals surface area contributed by atoms with Gasteiger partial charge < -0.3 is 14.4 Å². The molecule has 3 rings (SSSR count). The van der Waals surface area contributed by atoms with Crippen molar-refractivity contribution < 1.29 is 14.3 Å². The van der Waals surface area contributed by atoms with Gasteiger partial charge in [-0.1, -0.05) is 28.1 Å². The summed E-state index contributed by atoms with van der Waals surface area (Å²) in [5.41, 5.74) is 3.15. The molecule has 31 heavy (non-hydrogen) atoms. The molecule has 0 atom stereocenters. The molecule has 0 saturated carbocycles. The van der Waals surface area contributed by atoms with Gasteiger partial charge in [-0.2, -0.15) is 5.26 Å². The summed E-state index contributed by atoms with van der Waals surface area (Å²) in [6, 6.07) is 15.1. The van der Waals surface area contributed by atoms with Gasteiger partial charge in [0.15, 0.2) is 0 Å². The van der Waals surface area contributed by atoms with Crippen LogP contribution < -0.4 is 9.64 Å². The van der Waals surface area contributed by atoms with Crippen LogP contribution in [0.1, 0.15) is 11.3 Å². The summed E-state index contributed by atoms with van der Waals surface area (Å²) < 4.78 is 11.6. The van der Waals surface area contributed by atoms with E-state index in [-0.39, 0.29) is 12.2 Å². The number of anilines is 1. The Labute approximate surface area is 193 Å². The topological polar surface area (TPSA) is 75.5 Å². The third-order valence-corrected chi connectivity index (χ3v) is 5.77. The normalized spacial score (nSPS) is 11.0. The molecule has 0 saturated heterocycles. The molecular formula is C23H20BrN3O3S. The quantitative estimate of drug-likeness (QED) is 0.250. The van der Waals surface area contributed by atoms with Crippen molar-refractivity contribution in [3.8, 4) is 22.4 Å². The Hall–Kier alpha value is -3.15. The molecule has 8 heteroatoms. The van der Waals surface area contributed by atoms with E-state index in [4.69, 9.17) is 9.47 Å². The molecule has 1 aromatic heterocycles. The van der Waals surface area contributed by atoms with Crippen LogP contribution in [0, 0.1) is 11.3 Å². The first-order valence-corrected chi connectivity index (χ1v) is 10.9. The zero-order valence-corrected chi connectivity index (χ0v) is 19.7. The highest BCUT2D eigenvalue weighted by Crippen LogP contribution is 2.34. The number of esters is 1. The van der Waals surface area contributed by atoms with E-state index in [1.54, 1.807) is 7.11 Å². The molecule has 3 aromatic rings. The lowest BCUT2D eigenvalue weighted by molar-refractivity contribution is -0.139. The van der Waals surface area contributed by atoms with Gasteiger partial charge in [-0.25, -0.2) is 9.78 Å². The van der Waals surface area contributed by atoms with Gasteiger partial charge in [-0.05, 0) is 42.0 Å². The molecule has 0 aliphatic rings. The van der Waals surface area contributed by atoms with Crippen LogP contribution in [0.4, 0.5) is 5.69 Å². The van der Waals surface area contributed by atoms with E-state index < -0.39 is 5.97 Å². The smallest absolute Gasteiger partial charge is 0.349 e. The highest BCUT2D eigenvalue weighted by atomic mass is 79.9. The maximum atomic E-state index is 12.4. The lowest BCUT2D eigenvalue weighted by Gasteiger charge is -2.11. The number of aromatic nitrogens is 1. The van der Waals surface area contributed by atoms with E-state index in [1.807, 2.05) is 72.9 Å². The summed E-state index contributed by atoms with van der Waals surface area (Å²) in [6.45, 7) is -0.0236. The van der Waals surface area contributed by atoms with Gasteiger partial charge in [-0.15, -0.1) is 11.3 Å². The maximum Gasteiger partial charge on any atom is 0.349 e. The van der Waals surface area contributed by atoms with Crippen molar-refractivity contribution in [2.75, 3.05) is 26.1 Å². The van der Waals surface area contributed by atoms with Crippen LogP contribution in [0.2, 0.25) is 0 Å². The van der Waals surface area contributed by atoms with Gasteiger partial charge in [0.05, 0.1) is 18.4 Å². The number of carbonyl (C=O) groups is 1. The second-order valence-electron chi connectivity index (χ2n) is 6.72. The highest BCUT2D eigenvalue weighted by Gasteiger charge is 2.14. The highest BCUT2D eigenvalue weighted by molar-refractivity contribution is 9.10. The minimum absolute atomic E-state index is 0.0236. The van der Waals surface area contributed by atoms with Gasteiger partial charge in [0.25, 0.3) is 0 Å². The van der Waals surface area contributed by atoms with E-state index in [2.05, 4.69) is 20.9 Å². The molecule has 0 radical (unpaired) electrons. The number of nitrogens with zero attached hydrogens (tertiary/aromatic N) is 3. The van der Waals surface area contributed by atoms with Crippen LogP contribution in [-0.2, 0) is 16.1 Å². The lowest BCUT2D eigenvalue weighted by Crippen LogP contribution is -2.08. The van der Waals surface area contributed by atoms with Crippen molar-refractivity contribution in [2.24, 2.45) is 0 Å². The van der Waals surface area contributed by atoms with Crippen molar-refractivity contribution >= 4 is 45.0 Å². The summed E-state index contributed by atoms with van der Waals surface area (Å²) in [6.07, 6.45) is 1.51. The lowest BCUT2D eigenvalue weighted by atomic mass is 10.1. The Bertz CT molecular complexity index is 1150. The van der Waals surface area contributed by atoms with Crippen LogP contribution in [0.3, 0.4) is 0 Å². The molecule has 0 amide bonds. The van der Waals surface area contributed by atoms with E-state index >= 15 is 0 Å². The number of hydrogen-bond acceptors (Lipinski definition) is 7. The number of halogens is 1. The summed E-state index contributed by atoms with van der Waals surface area (Å²) in [5, 5.41) is 11.9. The summed E-state index contributed by atoms with van der Waals surface area (Å²) in [7, 11) is 5.49. The number of ether oxygens (including phenoxy) is 2. The summed E-state index contributed by atoms with van der Waals surface area (Å²) in [4.78, 5) is 18.9. The minimum atomic E-state index is -0.686. The first-order valence-electron chi connectivity index (χ1n) is 9.26. The minimum Gasteiger partial charge on any atom is -0.496 e. The number of methoxy groups -OCH3 is 1. The SMILES string of the molecule is COc1ccc(Br)cc1-c1nc(COC(=O)/C(C#N)=C/c2ccc(N(C)C)cc2)cs1. The first kappa shape index (κ1) is 22.5. The van der Waals surface area contributed by atoms with E-state index in [9.17, 15) is 10.1 Å². The largest absolute Gasteiger partial charge is 0.496 e. The molecule has 0 aliphatic heterocycles. The predicted molar refractivity (Wildman–Crippen MR) is 126 cm³/mol. The Kier molecular flexibility index (Phi) is 7.45. The van der Waals surface area contributed by atoms with Gasteiger partial charge >= 0.3 is 5.97 Å². The summed E-state index contributed by atoms with van der Waals surface area (Å²) >= 11 is 4.88. The molecule has 0 unspecified atom stereocenters. The van der Waals surface area contributed by atoms with Crippen LogP contribution >= 0.6 is 27.3 Å². The fraction of sp³-hybridized carbons (Fsp3) is 0.174. The van der Waals surface area contributed by atoms with Crippen molar-refractivity contribution in [3.63, 3.8) is 0 Å². The molecule has 6 nitrogen and oxygen atoms in total. The Morgan fingerprint density at radius 3 is 2.65 bits per heavy atom. The molecule has 0 spiro atoms.